The number of allylic oxidation sites excluding steroid dienone is 1. The summed E-state index contributed by atoms with van der Waals surface area (Å²) in [6, 6.07) is 20.7. The Labute approximate surface area is 151 Å². The molecule has 0 amide bonds. The number of hydrogen-bond acceptors (Lipinski definition) is 5. The van der Waals surface area contributed by atoms with Crippen molar-refractivity contribution in [1.29, 1.82) is 0 Å². The number of thioether (sulfide) groups is 1. The Morgan fingerprint density at radius 1 is 1.00 bits per heavy atom. The highest BCUT2D eigenvalue weighted by molar-refractivity contribution is 8.02. The molecule has 0 radical (unpaired) electrons. The molecule has 1 aromatic heterocycles. The topological polar surface area (TPSA) is 42.2 Å². The number of aromatic nitrogens is 2. The molecule has 4 nitrogen and oxygen atoms in total. The summed E-state index contributed by atoms with van der Waals surface area (Å²) in [5, 5.41) is 6.47. The van der Waals surface area contributed by atoms with Crippen molar-refractivity contribution >= 4 is 11.8 Å². The minimum Gasteiger partial charge on any atom is -0.351 e. The third-order valence-corrected chi connectivity index (χ3v) is 5.40. The molecule has 1 aliphatic heterocycles. The molecule has 0 bridgehead atoms. The van der Waals surface area contributed by atoms with E-state index in [1.807, 2.05) is 24.3 Å². The van der Waals surface area contributed by atoms with Crippen molar-refractivity contribution in [3.63, 3.8) is 0 Å². The summed E-state index contributed by atoms with van der Waals surface area (Å²) in [5.41, 5.74) is 3.68. The summed E-state index contributed by atoms with van der Waals surface area (Å²) in [5.74, 6) is 1.39. The Kier molecular flexibility index (Phi) is 4.57. The summed E-state index contributed by atoms with van der Waals surface area (Å²) in [7, 11) is 0. The molecule has 1 unspecified atom stereocenters. The zero-order chi connectivity index (χ0) is 17.1. The molecule has 1 atom stereocenters. The highest BCUT2D eigenvalue weighted by atomic mass is 32.2. The molecule has 2 aromatic carbocycles. The predicted octanol–water partition coefficient (Wildman–Crippen LogP) is 4.77. The van der Waals surface area contributed by atoms with Crippen LogP contribution in [0.1, 0.15) is 35.1 Å². The van der Waals surface area contributed by atoms with Gasteiger partial charge in [-0.05, 0) is 23.5 Å². The lowest BCUT2D eigenvalue weighted by atomic mass is 10.1. The van der Waals surface area contributed by atoms with Crippen LogP contribution in [0.4, 0.5) is 0 Å². The van der Waals surface area contributed by atoms with Gasteiger partial charge in [0.05, 0.1) is 6.42 Å². The summed E-state index contributed by atoms with van der Waals surface area (Å²) in [6.45, 7) is 2.96. The summed E-state index contributed by atoms with van der Waals surface area (Å²) in [4.78, 5) is 6.96. The molecular weight excluding hydrogens is 330 g/mol. The Morgan fingerprint density at radius 2 is 1.68 bits per heavy atom. The fraction of sp³-hybridized carbons (Fsp3) is 0.200. The maximum atomic E-state index is 5.49. The van der Waals surface area contributed by atoms with Crippen LogP contribution in [0, 0.1) is 0 Å². The first-order valence-corrected chi connectivity index (χ1v) is 9.23. The molecule has 25 heavy (non-hydrogen) atoms. The van der Waals surface area contributed by atoms with Gasteiger partial charge in [0.25, 0.3) is 0 Å². The van der Waals surface area contributed by atoms with Gasteiger partial charge in [0.1, 0.15) is 5.37 Å². The highest BCUT2D eigenvalue weighted by Gasteiger charge is 2.30. The van der Waals surface area contributed by atoms with Crippen LogP contribution in [0.25, 0.3) is 0 Å². The van der Waals surface area contributed by atoms with Crippen molar-refractivity contribution in [2.24, 2.45) is 0 Å². The molecule has 126 valence electrons. The summed E-state index contributed by atoms with van der Waals surface area (Å²) >= 11 is 1.73. The van der Waals surface area contributed by atoms with Crippen LogP contribution >= 0.6 is 11.8 Å². The predicted molar refractivity (Wildman–Crippen MR) is 99.6 cm³/mol. The van der Waals surface area contributed by atoms with Gasteiger partial charge in [0, 0.05) is 12.2 Å². The van der Waals surface area contributed by atoms with Gasteiger partial charge in [-0.25, -0.2) is 0 Å². The van der Waals surface area contributed by atoms with Crippen molar-refractivity contribution in [3.05, 3.63) is 94.6 Å². The molecule has 5 heteroatoms. The molecule has 3 aromatic rings. The van der Waals surface area contributed by atoms with E-state index < -0.39 is 0 Å². The van der Waals surface area contributed by atoms with E-state index in [2.05, 4.69) is 63.8 Å². The minimum atomic E-state index is 0.0634. The van der Waals surface area contributed by atoms with E-state index in [1.54, 1.807) is 11.8 Å². The average Bonchev–Trinajstić information content (AvgIpc) is 3.24. The number of benzene rings is 2. The molecule has 0 aliphatic carbocycles. The molecule has 0 fully saturated rings. The molecule has 2 heterocycles. The van der Waals surface area contributed by atoms with Gasteiger partial charge in [0.15, 0.2) is 0 Å². The van der Waals surface area contributed by atoms with Crippen molar-refractivity contribution < 1.29 is 4.52 Å². The van der Waals surface area contributed by atoms with Crippen molar-refractivity contribution in [3.8, 4) is 0 Å². The van der Waals surface area contributed by atoms with Gasteiger partial charge < -0.3 is 9.42 Å². The van der Waals surface area contributed by atoms with E-state index in [4.69, 9.17) is 4.52 Å². The lowest BCUT2D eigenvalue weighted by Crippen LogP contribution is -2.22. The van der Waals surface area contributed by atoms with Crippen LogP contribution in [-0.2, 0) is 13.0 Å². The Bertz CT molecular complexity index is 861. The second-order valence-electron chi connectivity index (χ2n) is 6.07. The van der Waals surface area contributed by atoms with Crippen LogP contribution in [-0.4, -0.2) is 15.0 Å². The smallest absolute Gasteiger partial charge is 0.231 e. The van der Waals surface area contributed by atoms with Crippen molar-refractivity contribution in [1.82, 2.24) is 15.0 Å². The molecule has 4 rings (SSSR count). The fourth-order valence-corrected chi connectivity index (χ4v) is 3.95. The molecular formula is C20H19N3OS. The maximum absolute atomic E-state index is 5.49. The van der Waals surface area contributed by atoms with E-state index in [-0.39, 0.29) is 5.37 Å². The van der Waals surface area contributed by atoms with E-state index in [0.29, 0.717) is 12.3 Å². The standard InChI is InChI=1S/C20H19N3OS/c1-15-14-25-20(23(15)13-17-10-6-3-7-11-17)19-21-18(24-22-19)12-16-8-4-2-5-9-16/h2-11,14,20H,12-13H2,1H3. The average molecular weight is 349 g/mol. The van der Waals surface area contributed by atoms with E-state index >= 15 is 0 Å². The van der Waals surface area contributed by atoms with E-state index in [1.165, 1.54) is 16.8 Å². The quantitative estimate of drug-likeness (QED) is 0.664. The normalized spacial score (nSPS) is 16.9. The number of nitrogens with zero attached hydrogens (tertiary/aromatic N) is 3. The lowest BCUT2D eigenvalue weighted by molar-refractivity contribution is 0.308. The van der Waals surface area contributed by atoms with Gasteiger partial charge in [-0.1, -0.05) is 77.6 Å². The summed E-state index contributed by atoms with van der Waals surface area (Å²) < 4.78 is 5.49. The van der Waals surface area contributed by atoms with Crippen molar-refractivity contribution in [2.45, 2.75) is 25.3 Å². The Morgan fingerprint density at radius 3 is 2.40 bits per heavy atom. The monoisotopic (exact) mass is 349 g/mol. The van der Waals surface area contributed by atoms with Gasteiger partial charge in [0.2, 0.25) is 11.7 Å². The molecule has 0 saturated heterocycles. The molecule has 0 N–H and O–H groups in total. The minimum absolute atomic E-state index is 0.0634. The van der Waals surface area contributed by atoms with Crippen LogP contribution in [0.3, 0.4) is 0 Å². The van der Waals surface area contributed by atoms with E-state index in [9.17, 15) is 0 Å². The van der Waals surface area contributed by atoms with Gasteiger partial charge >= 0.3 is 0 Å². The second-order valence-corrected chi connectivity index (χ2v) is 7.02. The molecule has 0 saturated carbocycles. The Hall–Kier alpha value is -2.53. The lowest BCUT2D eigenvalue weighted by Gasteiger charge is -2.25. The summed E-state index contributed by atoms with van der Waals surface area (Å²) in [6.07, 6.45) is 0.663. The number of hydrogen-bond donors (Lipinski definition) is 0. The van der Waals surface area contributed by atoms with Crippen LogP contribution in [0.15, 0.2) is 76.3 Å². The number of rotatable bonds is 5. The van der Waals surface area contributed by atoms with Crippen molar-refractivity contribution in [2.75, 3.05) is 0 Å². The highest BCUT2D eigenvalue weighted by Crippen LogP contribution is 2.42. The van der Waals surface area contributed by atoms with Crippen LogP contribution in [0.2, 0.25) is 0 Å². The van der Waals surface area contributed by atoms with Crippen LogP contribution in [0.5, 0.6) is 0 Å². The van der Waals surface area contributed by atoms with Gasteiger partial charge in [-0.2, -0.15) is 4.98 Å². The maximum Gasteiger partial charge on any atom is 0.231 e. The van der Waals surface area contributed by atoms with Gasteiger partial charge in [-0.15, -0.1) is 0 Å². The second kappa shape index (κ2) is 7.15. The van der Waals surface area contributed by atoms with E-state index in [0.717, 1.165) is 12.4 Å². The Balaban J connectivity index is 1.51. The largest absolute Gasteiger partial charge is 0.351 e. The molecule has 0 spiro atoms. The first-order valence-electron chi connectivity index (χ1n) is 8.29. The van der Waals surface area contributed by atoms with Gasteiger partial charge in [-0.3, -0.25) is 0 Å². The van der Waals surface area contributed by atoms with Crippen LogP contribution < -0.4 is 0 Å². The first-order chi connectivity index (χ1) is 12.3. The molecule has 1 aliphatic rings. The zero-order valence-electron chi connectivity index (χ0n) is 14.0. The SMILES string of the molecule is CC1=CSC(c2noc(Cc3ccccc3)n2)N1Cc1ccccc1. The third kappa shape index (κ3) is 3.61. The third-order valence-electron chi connectivity index (χ3n) is 4.20. The first kappa shape index (κ1) is 16.0. The zero-order valence-corrected chi connectivity index (χ0v) is 14.8. The fourth-order valence-electron chi connectivity index (χ4n) is 2.89.